The number of benzene rings is 2. The normalized spacial score (nSPS) is 10.8. The topological polar surface area (TPSA) is 52.0 Å². The Morgan fingerprint density at radius 1 is 1.19 bits per heavy atom. The first-order valence-corrected chi connectivity index (χ1v) is 7.80. The van der Waals surface area contributed by atoms with Crippen molar-refractivity contribution in [2.75, 3.05) is 5.73 Å². The van der Waals surface area contributed by atoms with Crippen LogP contribution >= 0.6 is 34.2 Å². The van der Waals surface area contributed by atoms with Crippen molar-refractivity contribution in [1.82, 2.24) is 5.16 Å². The highest BCUT2D eigenvalue weighted by Gasteiger charge is 2.19. The molecule has 1 aromatic heterocycles. The van der Waals surface area contributed by atoms with Crippen molar-refractivity contribution in [2.45, 2.75) is 6.92 Å². The number of hydrogen-bond acceptors (Lipinski definition) is 3. The van der Waals surface area contributed by atoms with Gasteiger partial charge in [0, 0.05) is 9.13 Å². The van der Waals surface area contributed by atoms with Gasteiger partial charge in [0.05, 0.1) is 10.6 Å². The van der Waals surface area contributed by atoms with E-state index in [9.17, 15) is 0 Å². The molecule has 0 aliphatic heterocycles. The van der Waals surface area contributed by atoms with Crippen molar-refractivity contribution in [3.05, 3.63) is 56.6 Å². The van der Waals surface area contributed by atoms with Gasteiger partial charge in [0.25, 0.3) is 0 Å². The zero-order valence-electron chi connectivity index (χ0n) is 11.2. The molecule has 0 saturated heterocycles. The van der Waals surface area contributed by atoms with Crippen molar-refractivity contribution in [3.8, 4) is 22.4 Å². The molecule has 3 rings (SSSR count). The molecule has 1 heterocycles. The summed E-state index contributed by atoms with van der Waals surface area (Å²) in [5.74, 6) is 0.314. The molecule has 21 heavy (non-hydrogen) atoms. The molecule has 0 aliphatic rings. The number of rotatable bonds is 2. The van der Waals surface area contributed by atoms with E-state index in [0.29, 0.717) is 16.6 Å². The molecule has 0 radical (unpaired) electrons. The van der Waals surface area contributed by atoms with E-state index in [0.717, 1.165) is 25.8 Å². The molecule has 0 aliphatic carbocycles. The molecule has 0 amide bonds. The maximum atomic E-state index is 6.20. The van der Waals surface area contributed by atoms with Crippen LogP contribution in [0.4, 0.5) is 5.88 Å². The largest absolute Gasteiger partial charge is 0.367 e. The third kappa shape index (κ3) is 2.65. The third-order valence-electron chi connectivity index (χ3n) is 3.33. The van der Waals surface area contributed by atoms with E-state index in [-0.39, 0.29) is 0 Å². The zero-order chi connectivity index (χ0) is 15.0. The number of aromatic nitrogens is 1. The summed E-state index contributed by atoms with van der Waals surface area (Å²) in [5.41, 5.74) is 10.5. The summed E-state index contributed by atoms with van der Waals surface area (Å²) in [5, 5.41) is 4.80. The first-order valence-electron chi connectivity index (χ1n) is 6.34. The van der Waals surface area contributed by atoms with E-state index in [2.05, 4.69) is 27.7 Å². The van der Waals surface area contributed by atoms with Gasteiger partial charge in [-0.05, 0) is 52.8 Å². The molecule has 2 N–H and O–H groups in total. The van der Waals surface area contributed by atoms with Crippen LogP contribution in [-0.4, -0.2) is 5.16 Å². The highest BCUT2D eigenvalue weighted by molar-refractivity contribution is 14.1. The molecule has 0 fully saturated rings. The lowest BCUT2D eigenvalue weighted by Gasteiger charge is -2.07. The summed E-state index contributed by atoms with van der Waals surface area (Å²) in [6.45, 7) is 2.03. The molecule has 5 heteroatoms. The number of aryl methyl sites for hydroxylation is 1. The van der Waals surface area contributed by atoms with Crippen molar-refractivity contribution in [2.24, 2.45) is 0 Å². The monoisotopic (exact) mass is 410 g/mol. The van der Waals surface area contributed by atoms with E-state index in [1.807, 2.05) is 49.4 Å². The Labute approximate surface area is 141 Å². The van der Waals surface area contributed by atoms with Crippen LogP contribution in [0.25, 0.3) is 22.4 Å². The SMILES string of the molecule is Cc1ccccc1-c1c(-c2ccc(I)c(Cl)c2)noc1N. The van der Waals surface area contributed by atoms with Gasteiger partial charge < -0.3 is 10.3 Å². The van der Waals surface area contributed by atoms with Crippen LogP contribution in [0.2, 0.25) is 5.02 Å². The summed E-state index contributed by atoms with van der Waals surface area (Å²) >= 11 is 8.39. The van der Waals surface area contributed by atoms with Crippen LogP contribution in [0.1, 0.15) is 5.56 Å². The molecule has 3 nitrogen and oxygen atoms in total. The van der Waals surface area contributed by atoms with Crippen LogP contribution in [-0.2, 0) is 0 Å². The molecule has 0 spiro atoms. The predicted molar refractivity (Wildman–Crippen MR) is 94.3 cm³/mol. The van der Waals surface area contributed by atoms with Crippen molar-refractivity contribution in [3.63, 3.8) is 0 Å². The second-order valence-corrected chi connectivity index (χ2v) is 6.28. The molecule has 2 aromatic carbocycles. The Hall–Kier alpha value is -1.53. The Balaban J connectivity index is 2.22. The molecule has 3 aromatic rings. The average Bonchev–Trinajstić information content (AvgIpc) is 2.84. The molecule has 0 unspecified atom stereocenters. The standard InChI is InChI=1S/C16H12ClIN2O/c1-9-4-2-3-5-11(9)14-15(20-21-16(14)19)10-6-7-13(18)12(17)8-10/h2-8H,19H2,1H3. The van der Waals surface area contributed by atoms with Gasteiger partial charge in [-0.2, -0.15) is 0 Å². The van der Waals surface area contributed by atoms with Crippen molar-refractivity contribution in [1.29, 1.82) is 0 Å². The van der Waals surface area contributed by atoms with Gasteiger partial charge in [0.2, 0.25) is 5.88 Å². The average molecular weight is 411 g/mol. The summed E-state index contributed by atoms with van der Waals surface area (Å²) in [4.78, 5) is 0. The Morgan fingerprint density at radius 2 is 1.95 bits per heavy atom. The lowest BCUT2D eigenvalue weighted by molar-refractivity contribution is 0.439. The summed E-state index contributed by atoms with van der Waals surface area (Å²) < 4.78 is 6.20. The first kappa shape index (κ1) is 14.4. The Morgan fingerprint density at radius 3 is 2.67 bits per heavy atom. The quantitative estimate of drug-likeness (QED) is 0.594. The third-order valence-corrected chi connectivity index (χ3v) is 4.90. The van der Waals surface area contributed by atoms with E-state index in [4.69, 9.17) is 21.9 Å². The molecular weight excluding hydrogens is 399 g/mol. The minimum absolute atomic E-state index is 0.314. The minimum atomic E-state index is 0.314. The summed E-state index contributed by atoms with van der Waals surface area (Å²) in [6, 6.07) is 13.8. The maximum absolute atomic E-state index is 6.20. The first-order chi connectivity index (χ1) is 10.1. The highest BCUT2D eigenvalue weighted by Crippen LogP contribution is 2.38. The lowest BCUT2D eigenvalue weighted by atomic mass is 9.97. The van der Waals surface area contributed by atoms with Gasteiger partial charge in [-0.15, -0.1) is 0 Å². The van der Waals surface area contributed by atoms with Crippen LogP contribution < -0.4 is 5.73 Å². The second kappa shape index (κ2) is 5.69. The Kier molecular flexibility index (Phi) is 3.91. The molecular formula is C16H12ClIN2O. The lowest BCUT2D eigenvalue weighted by Crippen LogP contribution is -1.90. The fourth-order valence-electron chi connectivity index (χ4n) is 2.26. The van der Waals surface area contributed by atoms with Crippen LogP contribution in [0, 0.1) is 10.5 Å². The minimum Gasteiger partial charge on any atom is -0.367 e. The van der Waals surface area contributed by atoms with Gasteiger partial charge in [-0.25, -0.2) is 0 Å². The van der Waals surface area contributed by atoms with Crippen LogP contribution in [0.5, 0.6) is 0 Å². The number of halogens is 2. The molecule has 106 valence electrons. The number of nitrogens with two attached hydrogens (primary N) is 1. The van der Waals surface area contributed by atoms with Crippen molar-refractivity contribution >= 4 is 40.1 Å². The van der Waals surface area contributed by atoms with Crippen LogP contribution in [0.3, 0.4) is 0 Å². The predicted octanol–water partition coefficient (Wildman–Crippen LogP) is 5.16. The molecule has 0 bridgehead atoms. The number of hydrogen-bond donors (Lipinski definition) is 1. The molecule has 0 saturated carbocycles. The van der Waals surface area contributed by atoms with E-state index >= 15 is 0 Å². The smallest absolute Gasteiger partial charge is 0.230 e. The van der Waals surface area contributed by atoms with Gasteiger partial charge >= 0.3 is 0 Å². The van der Waals surface area contributed by atoms with E-state index in [1.165, 1.54) is 0 Å². The number of nitrogens with zero attached hydrogens (tertiary/aromatic N) is 1. The van der Waals surface area contributed by atoms with Gasteiger partial charge in [-0.1, -0.05) is 47.1 Å². The number of anilines is 1. The second-order valence-electron chi connectivity index (χ2n) is 4.71. The van der Waals surface area contributed by atoms with E-state index in [1.54, 1.807) is 0 Å². The summed E-state index contributed by atoms with van der Waals surface area (Å²) in [6.07, 6.45) is 0. The summed E-state index contributed by atoms with van der Waals surface area (Å²) in [7, 11) is 0. The number of nitrogen functional groups attached to an aromatic ring is 1. The van der Waals surface area contributed by atoms with Gasteiger partial charge in [0.1, 0.15) is 5.69 Å². The zero-order valence-corrected chi connectivity index (χ0v) is 14.1. The van der Waals surface area contributed by atoms with Gasteiger partial charge in [-0.3, -0.25) is 0 Å². The fraction of sp³-hybridized carbons (Fsp3) is 0.0625. The van der Waals surface area contributed by atoms with E-state index < -0.39 is 0 Å². The maximum Gasteiger partial charge on any atom is 0.230 e. The Bertz CT molecular complexity index is 814. The highest BCUT2D eigenvalue weighted by atomic mass is 127. The molecule has 0 atom stereocenters. The van der Waals surface area contributed by atoms with Crippen molar-refractivity contribution < 1.29 is 4.52 Å². The van der Waals surface area contributed by atoms with Gasteiger partial charge in [0.15, 0.2) is 0 Å². The fourth-order valence-corrected chi connectivity index (χ4v) is 2.77. The van der Waals surface area contributed by atoms with Crippen LogP contribution in [0.15, 0.2) is 47.0 Å².